The Labute approximate surface area is 143 Å². The molecular formula is C15H27ClN4O3. The summed E-state index contributed by atoms with van der Waals surface area (Å²) in [5, 5.41) is 5.60. The van der Waals surface area contributed by atoms with Gasteiger partial charge in [0.25, 0.3) is 5.91 Å². The number of likely N-dealkylation sites (tertiary alicyclic amines) is 1. The summed E-state index contributed by atoms with van der Waals surface area (Å²) in [6.45, 7) is 8.76. The number of urea groups is 1. The zero-order valence-electron chi connectivity index (χ0n) is 14.1. The highest BCUT2D eigenvalue weighted by molar-refractivity contribution is 6.07. The lowest BCUT2D eigenvalue weighted by Crippen LogP contribution is -2.51. The van der Waals surface area contributed by atoms with Gasteiger partial charge in [-0.1, -0.05) is 6.92 Å². The van der Waals surface area contributed by atoms with Crippen LogP contribution in [0.1, 0.15) is 33.6 Å². The van der Waals surface area contributed by atoms with Crippen molar-refractivity contribution in [3.63, 3.8) is 0 Å². The van der Waals surface area contributed by atoms with Crippen LogP contribution in [0.15, 0.2) is 0 Å². The van der Waals surface area contributed by atoms with Crippen molar-refractivity contribution < 1.29 is 14.4 Å². The summed E-state index contributed by atoms with van der Waals surface area (Å²) < 4.78 is 0. The molecule has 2 N–H and O–H groups in total. The monoisotopic (exact) mass is 346 g/mol. The zero-order valence-corrected chi connectivity index (χ0v) is 14.9. The van der Waals surface area contributed by atoms with Crippen molar-refractivity contribution in [1.29, 1.82) is 0 Å². The minimum Gasteiger partial charge on any atom is -0.341 e. The van der Waals surface area contributed by atoms with Crippen molar-refractivity contribution in [3.8, 4) is 0 Å². The number of halogens is 1. The van der Waals surface area contributed by atoms with Crippen LogP contribution in [0.4, 0.5) is 4.79 Å². The zero-order chi connectivity index (χ0) is 16.3. The van der Waals surface area contributed by atoms with E-state index in [1.54, 1.807) is 18.7 Å². The largest absolute Gasteiger partial charge is 0.341 e. The van der Waals surface area contributed by atoms with Crippen LogP contribution in [0.5, 0.6) is 0 Å². The minimum atomic E-state index is -0.962. The smallest absolute Gasteiger partial charge is 0.325 e. The van der Waals surface area contributed by atoms with Crippen LogP contribution in [-0.4, -0.2) is 65.9 Å². The fraction of sp³-hybridized carbons (Fsp3) is 0.800. The van der Waals surface area contributed by atoms with Crippen molar-refractivity contribution in [2.45, 2.75) is 39.2 Å². The molecular weight excluding hydrogens is 320 g/mol. The molecule has 2 rings (SSSR count). The second-order valence-corrected chi connectivity index (χ2v) is 6.54. The number of hydrogen-bond donors (Lipinski definition) is 2. The highest BCUT2D eigenvalue weighted by Crippen LogP contribution is 2.22. The van der Waals surface area contributed by atoms with Gasteiger partial charge in [-0.3, -0.25) is 14.9 Å². The molecule has 0 bridgehead atoms. The SMILES string of the molecule is CCNCC1CCN(C(=O)CN2C(=O)NC(=O)C2(C)C)CC1.Cl. The van der Waals surface area contributed by atoms with E-state index in [-0.39, 0.29) is 30.8 Å². The third-order valence-electron chi connectivity index (χ3n) is 4.64. The van der Waals surface area contributed by atoms with Crippen LogP contribution in [-0.2, 0) is 9.59 Å². The van der Waals surface area contributed by atoms with Crippen molar-refractivity contribution in [3.05, 3.63) is 0 Å². The van der Waals surface area contributed by atoms with Gasteiger partial charge in [-0.2, -0.15) is 0 Å². The van der Waals surface area contributed by atoms with Gasteiger partial charge >= 0.3 is 6.03 Å². The van der Waals surface area contributed by atoms with Gasteiger partial charge in [0.1, 0.15) is 12.1 Å². The molecule has 23 heavy (non-hydrogen) atoms. The van der Waals surface area contributed by atoms with Gasteiger partial charge in [0.15, 0.2) is 0 Å². The van der Waals surface area contributed by atoms with E-state index < -0.39 is 11.6 Å². The van der Waals surface area contributed by atoms with Gasteiger partial charge in [0.2, 0.25) is 5.91 Å². The van der Waals surface area contributed by atoms with E-state index in [0.29, 0.717) is 5.92 Å². The van der Waals surface area contributed by atoms with Crippen LogP contribution in [0.3, 0.4) is 0 Å². The number of carbonyl (C=O) groups is 3. The highest BCUT2D eigenvalue weighted by atomic mass is 35.5. The molecule has 0 saturated carbocycles. The molecule has 0 aliphatic carbocycles. The predicted molar refractivity (Wildman–Crippen MR) is 89.4 cm³/mol. The van der Waals surface area contributed by atoms with Crippen molar-refractivity contribution in [2.24, 2.45) is 5.92 Å². The Bertz CT molecular complexity index is 462. The number of nitrogens with zero attached hydrogens (tertiary/aromatic N) is 2. The lowest BCUT2D eigenvalue weighted by molar-refractivity contribution is -0.134. The summed E-state index contributed by atoms with van der Waals surface area (Å²) in [6, 6.07) is -0.481. The molecule has 0 unspecified atom stereocenters. The topological polar surface area (TPSA) is 81.8 Å². The standard InChI is InChI=1S/C15H26N4O3.ClH/c1-4-16-9-11-5-7-18(8-6-11)12(20)10-19-14(22)17-13(21)15(19,2)3;/h11,16H,4-10H2,1-3H3,(H,17,21,22);1H. The molecule has 2 saturated heterocycles. The summed E-state index contributed by atoms with van der Waals surface area (Å²) in [5.74, 6) is 0.173. The second-order valence-electron chi connectivity index (χ2n) is 6.54. The van der Waals surface area contributed by atoms with E-state index >= 15 is 0 Å². The minimum absolute atomic E-state index is 0. The fourth-order valence-corrected chi connectivity index (χ4v) is 2.93. The first-order chi connectivity index (χ1) is 10.4. The van der Waals surface area contributed by atoms with Gasteiger partial charge in [-0.25, -0.2) is 4.79 Å². The Morgan fingerprint density at radius 2 is 1.91 bits per heavy atom. The molecule has 0 atom stereocenters. The lowest BCUT2D eigenvalue weighted by atomic mass is 9.96. The molecule has 0 spiro atoms. The maximum absolute atomic E-state index is 12.4. The van der Waals surface area contributed by atoms with Gasteiger partial charge < -0.3 is 15.1 Å². The summed E-state index contributed by atoms with van der Waals surface area (Å²) in [5.41, 5.74) is -0.962. The Hall–Kier alpha value is -1.34. The average molecular weight is 347 g/mol. The second kappa shape index (κ2) is 7.97. The van der Waals surface area contributed by atoms with Crippen LogP contribution >= 0.6 is 12.4 Å². The van der Waals surface area contributed by atoms with Gasteiger partial charge in [-0.05, 0) is 45.7 Å². The van der Waals surface area contributed by atoms with E-state index in [9.17, 15) is 14.4 Å². The number of imide groups is 1. The van der Waals surface area contributed by atoms with E-state index in [2.05, 4.69) is 17.6 Å². The normalized spacial score (nSPS) is 21.2. The maximum Gasteiger partial charge on any atom is 0.325 e. The van der Waals surface area contributed by atoms with Crippen molar-refractivity contribution in [1.82, 2.24) is 20.4 Å². The van der Waals surface area contributed by atoms with Crippen LogP contribution in [0.2, 0.25) is 0 Å². The molecule has 2 heterocycles. The molecule has 8 heteroatoms. The Balaban J connectivity index is 0.00000264. The number of piperidine rings is 1. The van der Waals surface area contributed by atoms with Crippen LogP contribution in [0.25, 0.3) is 0 Å². The number of rotatable bonds is 5. The first-order valence-electron chi connectivity index (χ1n) is 7.97. The third kappa shape index (κ3) is 4.35. The molecule has 7 nitrogen and oxygen atoms in total. The van der Waals surface area contributed by atoms with Crippen LogP contribution in [0, 0.1) is 5.92 Å². The average Bonchev–Trinajstić information content (AvgIpc) is 2.68. The van der Waals surface area contributed by atoms with Gasteiger partial charge in [0, 0.05) is 13.1 Å². The molecule has 2 aliphatic rings. The number of nitrogens with one attached hydrogen (secondary N) is 2. The molecule has 0 aromatic carbocycles. The molecule has 4 amide bonds. The molecule has 0 radical (unpaired) electrons. The number of hydrogen-bond acceptors (Lipinski definition) is 4. The first kappa shape index (κ1) is 19.7. The molecule has 0 aromatic heterocycles. The Kier molecular flexibility index (Phi) is 6.83. The van der Waals surface area contributed by atoms with Crippen molar-refractivity contribution in [2.75, 3.05) is 32.7 Å². The molecule has 2 fully saturated rings. The van der Waals surface area contributed by atoms with E-state index in [1.807, 2.05) is 0 Å². The first-order valence-corrected chi connectivity index (χ1v) is 7.97. The summed E-state index contributed by atoms with van der Waals surface area (Å²) >= 11 is 0. The Morgan fingerprint density at radius 3 is 2.39 bits per heavy atom. The fourth-order valence-electron chi connectivity index (χ4n) is 2.93. The Morgan fingerprint density at radius 1 is 1.30 bits per heavy atom. The quantitative estimate of drug-likeness (QED) is 0.714. The van der Waals surface area contributed by atoms with Gasteiger partial charge in [-0.15, -0.1) is 12.4 Å². The summed E-state index contributed by atoms with van der Waals surface area (Å²) in [7, 11) is 0. The number of carbonyl (C=O) groups excluding carboxylic acids is 3. The summed E-state index contributed by atoms with van der Waals surface area (Å²) in [4.78, 5) is 39.0. The highest BCUT2D eigenvalue weighted by Gasteiger charge is 2.46. The molecule has 2 aliphatic heterocycles. The number of amides is 4. The van der Waals surface area contributed by atoms with E-state index in [4.69, 9.17) is 0 Å². The molecule has 132 valence electrons. The van der Waals surface area contributed by atoms with E-state index in [0.717, 1.165) is 39.0 Å². The van der Waals surface area contributed by atoms with Gasteiger partial charge in [0.05, 0.1) is 0 Å². The molecule has 0 aromatic rings. The predicted octanol–water partition coefficient (Wildman–Crippen LogP) is 0.587. The maximum atomic E-state index is 12.4. The third-order valence-corrected chi connectivity index (χ3v) is 4.64. The summed E-state index contributed by atoms with van der Waals surface area (Å²) in [6.07, 6.45) is 1.96. The van der Waals surface area contributed by atoms with Crippen molar-refractivity contribution >= 4 is 30.3 Å². The van der Waals surface area contributed by atoms with Crippen LogP contribution < -0.4 is 10.6 Å². The van der Waals surface area contributed by atoms with E-state index in [1.165, 1.54) is 4.90 Å². The lowest BCUT2D eigenvalue weighted by Gasteiger charge is -2.34.